The van der Waals surface area contributed by atoms with Crippen LogP contribution in [0.2, 0.25) is 4.34 Å². The van der Waals surface area contributed by atoms with Gasteiger partial charge in [-0.15, -0.1) is 11.3 Å². The highest BCUT2D eigenvalue weighted by Gasteiger charge is 2.51. The van der Waals surface area contributed by atoms with E-state index in [0.29, 0.717) is 39.1 Å². The second kappa shape index (κ2) is 10.9. The number of aliphatic carboxylic acids is 1. The number of anilines is 1. The Morgan fingerprint density at radius 3 is 2.33 bits per heavy atom. The molecule has 1 saturated carbocycles. The first-order valence-corrected chi connectivity index (χ1v) is 13.6. The van der Waals surface area contributed by atoms with Crippen molar-refractivity contribution in [1.29, 1.82) is 0 Å². The van der Waals surface area contributed by atoms with Gasteiger partial charge in [0.15, 0.2) is 11.6 Å². The molecule has 0 spiro atoms. The summed E-state index contributed by atoms with van der Waals surface area (Å²) >= 11 is 7.54. The molecule has 1 amide bonds. The number of carbonyl (C=O) groups excluding carboxylic acids is 1. The van der Waals surface area contributed by atoms with Gasteiger partial charge in [0.05, 0.1) is 27.4 Å². The second-order valence-corrected chi connectivity index (χ2v) is 11.2. The van der Waals surface area contributed by atoms with Crippen molar-refractivity contribution >= 4 is 40.7 Å². The Hall–Kier alpha value is -3.95. The number of carboxylic acids is 1. The van der Waals surface area contributed by atoms with E-state index >= 15 is 0 Å². The highest BCUT2D eigenvalue weighted by Crippen LogP contribution is 2.49. The first-order chi connectivity index (χ1) is 19.1. The first-order valence-electron chi connectivity index (χ1n) is 12.4. The van der Waals surface area contributed by atoms with Gasteiger partial charge in [-0.05, 0) is 66.3 Å². The van der Waals surface area contributed by atoms with Crippen molar-refractivity contribution in [2.45, 2.75) is 31.3 Å². The van der Waals surface area contributed by atoms with Crippen molar-refractivity contribution in [3.05, 3.63) is 93.8 Å². The van der Waals surface area contributed by atoms with Gasteiger partial charge in [-0.2, -0.15) is 0 Å². The molecule has 5 rings (SSSR count). The number of carbonyl (C=O) groups is 2. The van der Waals surface area contributed by atoms with E-state index < -0.39 is 35.2 Å². The Morgan fingerprint density at radius 1 is 1.00 bits per heavy atom. The Morgan fingerprint density at radius 2 is 1.70 bits per heavy atom. The monoisotopic (exact) mass is 583 g/mol. The number of halogens is 3. The summed E-state index contributed by atoms with van der Waals surface area (Å²) in [5.74, 6) is -2.24. The maximum Gasteiger partial charge on any atom is 0.412 e. The second-order valence-electron chi connectivity index (χ2n) is 9.52. The molecule has 1 aromatic heterocycles. The van der Waals surface area contributed by atoms with E-state index in [0.717, 1.165) is 34.4 Å². The Kier molecular flexibility index (Phi) is 7.53. The number of rotatable bonds is 8. The van der Waals surface area contributed by atoms with Gasteiger partial charge in [-0.25, -0.2) is 13.6 Å². The van der Waals surface area contributed by atoms with Crippen LogP contribution in [0.15, 0.2) is 66.7 Å². The molecule has 1 fully saturated rings. The van der Waals surface area contributed by atoms with E-state index in [1.54, 1.807) is 20.1 Å². The number of thiophene rings is 1. The molecule has 10 heteroatoms. The molecule has 1 heterocycles. The predicted molar refractivity (Wildman–Crippen MR) is 150 cm³/mol. The third kappa shape index (κ3) is 5.39. The lowest BCUT2D eigenvalue weighted by Gasteiger charge is -2.15. The maximum atomic E-state index is 13.6. The number of hydrogen-bond donors (Lipinski definition) is 2. The molecule has 0 bridgehead atoms. The largest absolute Gasteiger partial charge is 0.496 e. The van der Waals surface area contributed by atoms with Crippen molar-refractivity contribution in [3.63, 3.8) is 0 Å². The number of carboxylic acid groups (broad SMARTS) is 1. The van der Waals surface area contributed by atoms with Crippen LogP contribution in [-0.4, -0.2) is 24.3 Å². The number of amides is 1. The quantitative estimate of drug-likeness (QED) is 0.217. The molecule has 6 nitrogen and oxygen atoms in total. The molecule has 1 aliphatic rings. The summed E-state index contributed by atoms with van der Waals surface area (Å²) in [7, 11) is 1.55. The van der Waals surface area contributed by atoms with Gasteiger partial charge in [0.2, 0.25) is 0 Å². The zero-order chi connectivity index (χ0) is 28.6. The molecule has 0 saturated heterocycles. The zero-order valence-corrected chi connectivity index (χ0v) is 23.0. The van der Waals surface area contributed by atoms with E-state index in [4.69, 9.17) is 21.1 Å². The first kappa shape index (κ1) is 27.6. The number of nitrogens with one attached hydrogen (secondary N) is 1. The van der Waals surface area contributed by atoms with Gasteiger partial charge >= 0.3 is 12.1 Å². The fourth-order valence-corrected chi connectivity index (χ4v) is 5.77. The van der Waals surface area contributed by atoms with E-state index in [-0.39, 0.29) is 0 Å². The van der Waals surface area contributed by atoms with E-state index in [2.05, 4.69) is 5.32 Å². The standard InChI is InChI=1S/C30H24ClF2NO5S/c1-16(18-6-10-22(32)23(33)13-18)39-29(37)34-24-15-26(31)40-27(24)19-5-9-21(25(14-19)38-2)17-3-7-20(8-4-17)30(11-12-30)28(35)36/h3-10,13-16H,11-12H2,1-2H3,(H,34,37)(H,35,36)/t16-/m1/s1. The van der Waals surface area contributed by atoms with E-state index in [1.165, 1.54) is 17.4 Å². The smallest absolute Gasteiger partial charge is 0.412 e. The number of ether oxygens (including phenoxy) is 2. The summed E-state index contributed by atoms with van der Waals surface area (Å²) in [6.07, 6.45) is -0.344. The van der Waals surface area contributed by atoms with E-state index in [1.807, 2.05) is 42.5 Å². The molecule has 40 heavy (non-hydrogen) atoms. The molecule has 4 aromatic rings. The van der Waals surface area contributed by atoms with Crippen LogP contribution in [0.3, 0.4) is 0 Å². The minimum Gasteiger partial charge on any atom is -0.496 e. The Labute approximate surface area is 238 Å². The van der Waals surface area contributed by atoms with Crippen molar-refractivity contribution in [3.8, 4) is 27.3 Å². The normalized spacial score (nSPS) is 14.3. The molecule has 206 valence electrons. The van der Waals surface area contributed by atoms with Crippen LogP contribution in [0.1, 0.15) is 37.0 Å². The molecule has 0 aliphatic heterocycles. The van der Waals surface area contributed by atoms with Gasteiger partial charge in [-0.1, -0.05) is 54.1 Å². The molecular weight excluding hydrogens is 560 g/mol. The van der Waals surface area contributed by atoms with Crippen molar-refractivity contribution in [1.82, 2.24) is 0 Å². The van der Waals surface area contributed by atoms with Gasteiger partial charge < -0.3 is 14.6 Å². The van der Waals surface area contributed by atoms with Gasteiger partial charge in [0.1, 0.15) is 11.9 Å². The third-order valence-corrected chi connectivity index (χ3v) is 8.32. The lowest BCUT2D eigenvalue weighted by Crippen LogP contribution is -2.19. The third-order valence-electron chi connectivity index (χ3n) is 7.01. The number of benzene rings is 3. The molecule has 1 aliphatic carbocycles. The van der Waals surface area contributed by atoms with Crippen LogP contribution in [0, 0.1) is 11.6 Å². The lowest BCUT2D eigenvalue weighted by molar-refractivity contribution is -0.140. The average Bonchev–Trinajstić information content (AvgIpc) is 3.67. The van der Waals surface area contributed by atoms with Gasteiger partial charge in [-0.3, -0.25) is 10.1 Å². The van der Waals surface area contributed by atoms with Crippen molar-refractivity contribution < 1.29 is 33.0 Å². The van der Waals surface area contributed by atoms with Crippen LogP contribution in [0.25, 0.3) is 21.6 Å². The fraction of sp³-hybridized carbons (Fsp3) is 0.200. The summed E-state index contributed by atoms with van der Waals surface area (Å²) < 4.78 is 38.3. The summed E-state index contributed by atoms with van der Waals surface area (Å²) in [6, 6.07) is 17.9. The average molecular weight is 584 g/mol. The van der Waals surface area contributed by atoms with E-state index in [9.17, 15) is 23.5 Å². The van der Waals surface area contributed by atoms with Crippen molar-refractivity contribution in [2.75, 3.05) is 12.4 Å². The molecular formula is C30H24ClF2NO5S. The van der Waals surface area contributed by atoms with Gasteiger partial charge in [0.25, 0.3) is 0 Å². The Bertz CT molecular complexity index is 1600. The van der Waals surface area contributed by atoms with Crippen LogP contribution < -0.4 is 10.1 Å². The van der Waals surface area contributed by atoms with Gasteiger partial charge in [0, 0.05) is 5.56 Å². The van der Waals surface area contributed by atoms with Crippen LogP contribution >= 0.6 is 22.9 Å². The summed E-state index contributed by atoms with van der Waals surface area (Å²) in [5.41, 5.74) is 3.15. The minimum absolute atomic E-state index is 0.307. The van der Waals surface area contributed by atoms with Crippen LogP contribution in [0.4, 0.5) is 19.3 Å². The number of methoxy groups -OCH3 is 1. The minimum atomic E-state index is -1.03. The topological polar surface area (TPSA) is 84.9 Å². The Balaban J connectivity index is 1.35. The summed E-state index contributed by atoms with van der Waals surface area (Å²) in [4.78, 5) is 25.0. The highest BCUT2D eigenvalue weighted by atomic mass is 35.5. The predicted octanol–water partition coefficient (Wildman–Crippen LogP) is 8.45. The van der Waals surface area contributed by atoms with Crippen LogP contribution in [0.5, 0.6) is 5.75 Å². The molecule has 0 radical (unpaired) electrons. The SMILES string of the molecule is COc1cc(-c2sc(Cl)cc2NC(=O)O[C@H](C)c2ccc(F)c(F)c2)ccc1-c1ccc(C2(C(=O)O)CC2)cc1. The summed E-state index contributed by atoms with van der Waals surface area (Å²) in [6.45, 7) is 1.55. The molecule has 2 N–H and O–H groups in total. The number of hydrogen-bond acceptors (Lipinski definition) is 5. The highest BCUT2D eigenvalue weighted by molar-refractivity contribution is 7.20. The lowest BCUT2D eigenvalue weighted by atomic mass is 9.93. The maximum absolute atomic E-state index is 13.6. The van der Waals surface area contributed by atoms with Crippen LogP contribution in [-0.2, 0) is 14.9 Å². The molecule has 0 unspecified atom stereocenters. The molecule has 3 aromatic carbocycles. The molecule has 1 atom stereocenters. The summed E-state index contributed by atoms with van der Waals surface area (Å²) in [5, 5.41) is 12.3. The zero-order valence-electron chi connectivity index (χ0n) is 21.5. The fourth-order valence-electron chi connectivity index (χ4n) is 4.59. The van der Waals surface area contributed by atoms with Crippen molar-refractivity contribution in [2.24, 2.45) is 0 Å².